The number of fused-ring (bicyclic) bond motifs is 1. The molecule has 0 spiro atoms. The second kappa shape index (κ2) is 7.72. The van der Waals surface area contributed by atoms with Crippen molar-refractivity contribution >= 4 is 11.6 Å². The van der Waals surface area contributed by atoms with Crippen molar-refractivity contribution < 1.29 is 4.79 Å². The Hall–Kier alpha value is -2.73. The van der Waals surface area contributed by atoms with E-state index in [1.807, 2.05) is 17.9 Å². The molecule has 1 atom stereocenters. The normalized spacial score (nSPS) is 17.4. The fourth-order valence-corrected chi connectivity index (χ4v) is 4.09. The highest BCUT2D eigenvalue weighted by atomic mass is 16.2. The van der Waals surface area contributed by atoms with E-state index in [1.165, 1.54) is 11.1 Å². The number of benzene rings is 1. The molecule has 0 aliphatic carbocycles. The number of carbonyl (C=O) groups excluding carboxylic acids is 1. The summed E-state index contributed by atoms with van der Waals surface area (Å²) in [6.07, 6.45) is 6.58. The quantitative estimate of drug-likeness (QED) is 0.699. The van der Waals surface area contributed by atoms with Gasteiger partial charge in [-0.3, -0.25) is 4.79 Å². The van der Waals surface area contributed by atoms with Crippen LogP contribution >= 0.6 is 0 Å². The average Bonchev–Trinajstić information content (AvgIpc) is 3.18. The Morgan fingerprint density at radius 3 is 2.71 bits per heavy atom. The zero-order chi connectivity index (χ0) is 19.7. The summed E-state index contributed by atoms with van der Waals surface area (Å²) in [5, 5.41) is 4.30. The SMILES string of the molecule is Cc1c(C(=O)N2CCCC[C@@H]2c2ccc(CN(C)C)cc2)cnc2ccnn12. The molecule has 0 radical (unpaired) electrons. The minimum absolute atomic E-state index is 0.0458. The largest absolute Gasteiger partial charge is 0.332 e. The Balaban J connectivity index is 1.62. The maximum atomic E-state index is 13.4. The molecule has 0 saturated carbocycles. The summed E-state index contributed by atoms with van der Waals surface area (Å²) in [6, 6.07) is 10.7. The van der Waals surface area contributed by atoms with E-state index in [0.717, 1.165) is 43.7 Å². The van der Waals surface area contributed by atoms with Crippen molar-refractivity contribution in [2.24, 2.45) is 0 Å². The Morgan fingerprint density at radius 1 is 1.18 bits per heavy atom. The van der Waals surface area contributed by atoms with Crippen LogP contribution in [-0.4, -0.2) is 50.9 Å². The molecular formula is C22H27N5O. The first kappa shape index (κ1) is 18.6. The summed E-state index contributed by atoms with van der Waals surface area (Å²) in [5.74, 6) is 0.0458. The highest BCUT2D eigenvalue weighted by Gasteiger charge is 2.30. The molecule has 3 heterocycles. The zero-order valence-electron chi connectivity index (χ0n) is 16.8. The van der Waals surface area contributed by atoms with Gasteiger partial charge >= 0.3 is 0 Å². The first-order valence-corrected chi connectivity index (χ1v) is 9.88. The van der Waals surface area contributed by atoms with Gasteiger partial charge in [-0.25, -0.2) is 9.50 Å². The second-order valence-corrected chi connectivity index (χ2v) is 7.85. The molecule has 0 unspecified atom stereocenters. The van der Waals surface area contributed by atoms with Gasteiger partial charge in [0.2, 0.25) is 0 Å². The van der Waals surface area contributed by atoms with E-state index in [-0.39, 0.29) is 11.9 Å². The lowest BCUT2D eigenvalue weighted by Gasteiger charge is -2.36. The van der Waals surface area contributed by atoms with Gasteiger partial charge in [-0.15, -0.1) is 0 Å². The van der Waals surface area contributed by atoms with Gasteiger partial charge in [0.05, 0.1) is 23.5 Å². The molecule has 3 aromatic rings. The van der Waals surface area contributed by atoms with Crippen LogP contribution in [0.3, 0.4) is 0 Å². The monoisotopic (exact) mass is 377 g/mol. The topological polar surface area (TPSA) is 53.7 Å². The van der Waals surface area contributed by atoms with Crippen molar-refractivity contribution in [3.63, 3.8) is 0 Å². The van der Waals surface area contributed by atoms with Crippen molar-refractivity contribution in [3.05, 3.63) is 65.1 Å². The summed E-state index contributed by atoms with van der Waals surface area (Å²) in [7, 11) is 4.14. The maximum absolute atomic E-state index is 13.4. The summed E-state index contributed by atoms with van der Waals surface area (Å²) in [5.41, 5.74) is 4.73. The Labute approximate surface area is 165 Å². The Bertz CT molecular complexity index is 976. The van der Waals surface area contributed by atoms with E-state index in [9.17, 15) is 4.79 Å². The summed E-state index contributed by atoms with van der Waals surface area (Å²) in [6.45, 7) is 3.63. The van der Waals surface area contributed by atoms with Crippen LogP contribution in [0.25, 0.3) is 5.65 Å². The number of likely N-dealkylation sites (tertiary alicyclic amines) is 1. The molecule has 1 aromatic carbocycles. The van der Waals surface area contributed by atoms with Crippen LogP contribution in [-0.2, 0) is 6.54 Å². The molecule has 1 aliphatic heterocycles. The van der Waals surface area contributed by atoms with E-state index >= 15 is 0 Å². The zero-order valence-corrected chi connectivity index (χ0v) is 16.8. The van der Waals surface area contributed by atoms with Crippen LogP contribution < -0.4 is 0 Å². The lowest BCUT2D eigenvalue weighted by molar-refractivity contribution is 0.0609. The molecule has 146 valence electrons. The van der Waals surface area contributed by atoms with Crippen molar-refractivity contribution in [2.45, 2.75) is 38.8 Å². The van der Waals surface area contributed by atoms with Gasteiger partial charge in [-0.2, -0.15) is 5.10 Å². The third kappa shape index (κ3) is 3.52. The van der Waals surface area contributed by atoms with E-state index in [0.29, 0.717) is 5.56 Å². The van der Waals surface area contributed by atoms with Crippen molar-refractivity contribution in [1.82, 2.24) is 24.4 Å². The molecular weight excluding hydrogens is 350 g/mol. The molecule has 2 aromatic heterocycles. The van der Waals surface area contributed by atoms with Crippen molar-refractivity contribution in [2.75, 3.05) is 20.6 Å². The molecule has 1 amide bonds. The van der Waals surface area contributed by atoms with E-state index in [4.69, 9.17) is 0 Å². The minimum atomic E-state index is 0.0458. The van der Waals surface area contributed by atoms with Gasteiger partial charge in [-0.1, -0.05) is 24.3 Å². The molecule has 1 saturated heterocycles. The van der Waals surface area contributed by atoms with Gasteiger partial charge < -0.3 is 9.80 Å². The Kier molecular flexibility index (Phi) is 5.13. The number of piperidine rings is 1. The van der Waals surface area contributed by atoms with Crippen LogP contribution in [0.1, 0.15) is 52.5 Å². The molecule has 1 aliphatic rings. The lowest BCUT2D eigenvalue weighted by Crippen LogP contribution is -2.39. The standard InChI is InChI=1S/C22H27N5O/c1-16-19(14-23-21-11-12-24-27(16)21)22(28)26-13-5-4-6-20(26)18-9-7-17(8-10-18)15-25(2)3/h7-12,14,20H,4-6,13,15H2,1-3H3/t20-/m1/s1. The fraction of sp³-hybridized carbons (Fsp3) is 0.409. The van der Waals surface area contributed by atoms with E-state index in [1.54, 1.807) is 16.9 Å². The second-order valence-electron chi connectivity index (χ2n) is 7.85. The van der Waals surface area contributed by atoms with E-state index < -0.39 is 0 Å². The van der Waals surface area contributed by atoms with Crippen LogP contribution in [0.5, 0.6) is 0 Å². The van der Waals surface area contributed by atoms with Gasteiger partial charge in [0.25, 0.3) is 5.91 Å². The average molecular weight is 377 g/mol. The number of rotatable bonds is 4. The summed E-state index contributed by atoms with van der Waals surface area (Å²) >= 11 is 0. The Morgan fingerprint density at radius 2 is 1.96 bits per heavy atom. The van der Waals surface area contributed by atoms with Crippen LogP contribution in [0, 0.1) is 6.92 Å². The number of aryl methyl sites for hydroxylation is 1. The number of nitrogens with zero attached hydrogens (tertiary/aromatic N) is 5. The highest BCUT2D eigenvalue weighted by molar-refractivity contribution is 5.95. The van der Waals surface area contributed by atoms with Crippen LogP contribution in [0.4, 0.5) is 0 Å². The highest BCUT2D eigenvalue weighted by Crippen LogP contribution is 2.32. The summed E-state index contributed by atoms with van der Waals surface area (Å²) in [4.78, 5) is 22.0. The van der Waals surface area contributed by atoms with Gasteiger partial charge in [0.15, 0.2) is 5.65 Å². The molecule has 0 bridgehead atoms. The first-order valence-electron chi connectivity index (χ1n) is 9.88. The van der Waals surface area contributed by atoms with Gasteiger partial charge in [-0.05, 0) is 51.4 Å². The van der Waals surface area contributed by atoms with Crippen LogP contribution in [0.15, 0.2) is 42.7 Å². The van der Waals surface area contributed by atoms with Gasteiger partial charge in [0, 0.05) is 25.4 Å². The smallest absolute Gasteiger partial charge is 0.257 e. The number of carbonyl (C=O) groups is 1. The third-order valence-electron chi connectivity index (χ3n) is 5.51. The molecule has 28 heavy (non-hydrogen) atoms. The molecule has 4 rings (SSSR count). The molecule has 1 fully saturated rings. The predicted octanol–water partition coefficient (Wildman–Crippen LogP) is 3.47. The fourth-order valence-electron chi connectivity index (χ4n) is 4.09. The number of aromatic nitrogens is 3. The number of hydrogen-bond acceptors (Lipinski definition) is 4. The third-order valence-corrected chi connectivity index (χ3v) is 5.51. The van der Waals surface area contributed by atoms with Crippen LogP contribution in [0.2, 0.25) is 0 Å². The van der Waals surface area contributed by atoms with Crippen molar-refractivity contribution in [1.29, 1.82) is 0 Å². The first-order chi connectivity index (χ1) is 13.5. The summed E-state index contributed by atoms with van der Waals surface area (Å²) < 4.78 is 1.74. The van der Waals surface area contributed by atoms with E-state index in [2.05, 4.69) is 53.3 Å². The number of amides is 1. The lowest BCUT2D eigenvalue weighted by atomic mass is 9.93. The molecule has 6 heteroatoms. The maximum Gasteiger partial charge on any atom is 0.257 e. The van der Waals surface area contributed by atoms with Crippen molar-refractivity contribution in [3.8, 4) is 0 Å². The predicted molar refractivity (Wildman–Crippen MR) is 109 cm³/mol. The molecule has 6 nitrogen and oxygen atoms in total. The number of hydrogen-bond donors (Lipinski definition) is 0. The minimum Gasteiger partial charge on any atom is -0.332 e. The molecule has 0 N–H and O–H groups in total. The van der Waals surface area contributed by atoms with Gasteiger partial charge in [0.1, 0.15) is 0 Å².